The topological polar surface area (TPSA) is 116 Å². The van der Waals surface area contributed by atoms with Crippen molar-refractivity contribution in [3.63, 3.8) is 0 Å². The fraction of sp³-hybridized carbons (Fsp3) is 0.286. The van der Waals surface area contributed by atoms with E-state index in [1.54, 1.807) is 12.2 Å². The number of methoxy groups -OCH3 is 1. The van der Waals surface area contributed by atoms with Crippen molar-refractivity contribution in [2.45, 2.75) is 36.6 Å². The normalized spacial score (nSPS) is 19.5. The van der Waals surface area contributed by atoms with E-state index >= 15 is 0 Å². The summed E-state index contributed by atoms with van der Waals surface area (Å²) in [4.78, 5) is 22.6. The Morgan fingerprint density at radius 2 is 1.84 bits per heavy atom. The second kappa shape index (κ2) is 9.82. The van der Waals surface area contributed by atoms with E-state index in [0.29, 0.717) is 6.42 Å². The van der Waals surface area contributed by atoms with Crippen LogP contribution in [0, 0.1) is 10.1 Å². The van der Waals surface area contributed by atoms with E-state index in [1.165, 1.54) is 7.11 Å². The molecule has 0 aromatic heterocycles. The first-order chi connectivity index (χ1) is 14.8. The monoisotopic (exact) mass is 446 g/mol. The average Bonchev–Trinajstić information content (AvgIpc) is 3.01. The van der Waals surface area contributed by atoms with Gasteiger partial charge in [0.2, 0.25) is 10.0 Å². The van der Waals surface area contributed by atoms with Crippen molar-refractivity contribution in [2.75, 3.05) is 7.11 Å². The summed E-state index contributed by atoms with van der Waals surface area (Å²) < 4.78 is 38.7. The maximum atomic E-state index is 13.5. The number of nitro benzene ring substituents is 1. The van der Waals surface area contributed by atoms with E-state index in [4.69, 9.17) is 9.47 Å². The highest BCUT2D eigenvalue weighted by molar-refractivity contribution is 7.89. The zero-order chi connectivity index (χ0) is 22.4. The molecular weight excluding hydrogens is 424 g/mol. The molecule has 0 saturated heterocycles. The van der Waals surface area contributed by atoms with Gasteiger partial charge in [0.1, 0.15) is 12.3 Å². The number of non-ortho nitro benzene ring substituents is 1. The Labute approximate surface area is 180 Å². The van der Waals surface area contributed by atoms with Crippen molar-refractivity contribution < 1.29 is 27.6 Å². The summed E-state index contributed by atoms with van der Waals surface area (Å²) in [5, 5.41) is 10.9. The van der Waals surface area contributed by atoms with E-state index < -0.39 is 33.2 Å². The first kappa shape index (κ1) is 22.6. The van der Waals surface area contributed by atoms with Gasteiger partial charge in [-0.3, -0.25) is 14.9 Å². The molecule has 164 valence electrons. The number of esters is 1. The number of carbonyl (C=O) groups excluding carboxylic acids is 1. The van der Waals surface area contributed by atoms with E-state index in [0.717, 1.165) is 34.1 Å². The Morgan fingerprint density at radius 1 is 1.16 bits per heavy atom. The van der Waals surface area contributed by atoms with Crippen molar-refractivity contribution in [3.05, 3.63) is 82.4 Å². The summed E-state index contributed by atoms with van der Waals surface area (Å²) >= 11 is 0. The molecule has 0 fully saturated rings. The first-order valence-electron chi connectivity index (χ1n) is 9.52. The smallest absolute Gasteiger partial charge is 0.324 e. The first-order valence-corrected chi connectivity index (χ1v) is 11.0. The Kier molecular flexibility index (Phi) is 7.16. The number of sulfonamides is 1. The zero-order valence-electron chi connectivity index (χ0n) is 16.8. The van der Waals surface area contributed by atoms with Crippen LogP contribution in [0.5, 0.6) is 0 Å². The average molecular weight is 446 g/mol. The zero-order valence-corrected chi connectivity index (χ0v) is 17.6. The summed E-state index contributed by atoms with van der Waals surface area (Å²) in [6.07, 6.45) is 2.95. The third-order valence-electron chi connectivity index (χ3n) is 4.83. The van der Waals surface area contributed by atoms with Crippen molar-refractivity contribution in [1.29, 1.82) is 0 Å². The van der Waals surface area contributed by atoms with Crippen LogP contribution in [0.2, 0.25) is 0 Å². The fourth-order valence-electron chi connectivity index (χ4n) is 3.26. The van der Waals surface area contributed by atoms with E-state index in [1.807, 2.05) is 30.3 Å². The van der Waals surface area contributed by atoms with Gasteiger partial charge >= 0.3 is 5.97 Å². The van der Waals surface area contributed by atoms with Crippen LogP contribution >= 0.6 is 0 Å². The molecule has 2 aromatic carbocycles. The predicted molar refractivity (Wildman–Crippen MR) is 111 cm³/mol. The number of benzene rings is 2. The van der Waals surface area contributed by atoms with Gasteiger partial charge in [-0.2, -0.15) is 4.31 Å². The number of ether oxygens (including phenoxy) is 2. The lowest BCUT2D eigenvalue weighted by molar-refractivity contribution is -0.384. The Bertz CT molecular complexity index is 1050. The van der Waals surface area contributed by atoms with Gasteiger partial charge in [-0.15, -0.1) is 0 Å². The van der Waals surface area contributed by atoms with Gasteiger partial charge in [0, 0.05) is 12.1 Å². The summed E-state index contributed by atoms with van der Waals surface area (Å²) in [6.45, 7) is 0.121. The molecule has 0 N–H and O–H groups in total. The second-order valence-electron chi connectivity index (χ2n) is 6.82. The predicted octanol–water partition coefficient (Wildman–Crippen LogP) is 3.02. The molecule has 9 nitrogen and oxygen atoms in total. The molecule has 0 spiro atoms. The molecule has 0 radical (unpaired) electrons. The van der Waals surface area contributed by atoms with Crippen LogP contribution in [0.15, 0.2) is 71.6 Å². The number of hydrogen-bond acceptors (Lipinski definition) is 7. The molecular formula is C21H22N2O7S. The lowest BCUT2D eigenvalue weighted by Gasteiger charge is -2.32. The molecule has 3 rings (SSSR count). The van der Waals surface area contributed by atoms with Crippen molar-refractivity contribution in [1.82, 2.24) is 4.31 Å². The van der Waals surface area contributed by atoms with Gasteiger partial charge in [0.25, 0.3) is 5.69 Å². The number of rotatable bonds is 7. The van der Waals surface area contributed by atoms with E-state index in [-0.39, 0.29) is 23.6 Å². The number of hydrogen-bond donors (Lipinski definition) is 0. The summed E-state index contributed by atoms with van der Waals surface area (Å²) in [5.41, 5.74) is 0.596. The van der Waals surface area contributed by atoms with Crippen molar-refractivity contribution >= 4 is 21.7 Å². The molecule has 1 heterocycles. The number of carbonyl (C=O) groups is 1. The largest absolute Gasteiger partial charge is 0.468 e. The molecule has 31 heavy (non-hydrogen) atoms. The quantitative estimate of drug-likeness (QED) is 0.278. The number of nitrogens with zero attached hydrogens (tertiary/aromatic N) is 2. The standard InChI is InChI=1S/C21H22N2O7S/c1-29-21(24)19-9-5-6-10-20(30-15-16-7-3-2-4-8-16)22(19)31(27,28)18-13-11-17(12-14-18)23(25)26/h2-4,6-8,10-14,19-20H,5,9,15H2,1H3/t19-,20?/m0/s1. The highest BCUT2D eigenvalue weighted by Crippen LogP contribution is 2.29. The fourth-order valence-corrected chi connectivity index (χ4v) is 4.92. The van der Waals surface area contributed by atoms with Gasteiger partial charge in [0.15, 0.2) is 0 Å². The number of allylic oxidation sites excluding steroid dienone is 1. The molecule has 1 aliphatic rings. The van der Waals surface area contributed by atoms with Crippen LogP contribution in [0.4, 0.5) is 5.69 Å². The third-order valence-corrected chi connectivity index (χ3v) is 6.71. The summed E-state index contributed by atoms with van der Waals surface area (Å²) in [5.74, 6) is -0.706. The lowest BCUT2D eigenvalue weighted by atomic mass is 10.2. The Balaban J connectivity index is 1.99. The van der Waals surface area contributed by atoms with E-state index in [9.17, 15) is 23.3 Å². The minimum atomic E-state index is -4.25. The molecule has 0 aliphatic carbocycles. The molecule has 10 heteroatoms. The van der Waals surface area contributed by atoms with Crippen LogP contribution in [0.3, 0.4) is 0 Å². The van der Waals surface area contributed by atoms with Crippen molar-refractivity contribution in [2.24, 2.45) is 0 Å². The van der Waals surface area contributed by atoms with Crippen LogP contribution in [-0.4, -0.2) is 43.0 Å². The van der Waals surface area contributed by atoms with Crippen LogP contribution in [-0.2, 0) is 30.9 Å². The molecule has 2 aromatic rings. The highest BCUT2D eigenvalue weighted by atomic mass is 32.2. The third kappa shape index (κ3) is 5.16. The SMILES string of the molecule is COC(=O)[C@@H]1CCC=CC(OCc2ccccc2)N1S(=O)(=O)c1ccc([N+](=O)[O-])cc1. The lowest BCUT2D eigenvalue weighted by Crippen LogP contribution is -2.50. The van der Waals surface area contributed by atoms with Gasteiger partial charge in [-0.1, -0.05) is 36.4 Å². The number of nitro groups is 1. The van der Waals surface area contributed by atoms with Gasteiger partial charge in [0.05, 0.1) is 23.5 Å². The molecule has 0 amide bonds. The maximum Gasteiger partial charge on any atom is 0.324 e. The van der Waals surface area contributed by atoms with Crippen molar-refractivity contribution in [3.8, 4) is 0 Å². The molecule has 0 bridgehead atoms. The minimum Gasteiger partial charge on any atom is -0.468 e. The highest BCUT2D eigenvalue weighted by Gasteiger charge is 2.42. The summed E-state index contributed by atoms with van der Waals surface area (Å²) in [7, 11) is -3.06. The van der Waals surface area contributed by atoms with Crippen LogP contribution in [0.25, 0.3) is 0 Å². The van der Waals surface area contributed by atoms with Crippen LogP contribution < -0.4 is 0 Å². The second-order valence-corrected chi connectivity index (χ2v) is 8.66. The van der Waals surface area contributed by atoms with Gasteiger partial charge in [-0.25, -0.2) is 8.42 Å². The molecule has 0 saturated carbocycles. The maximum absolute atomic E-state index is 13.5. The Hall–Kier alpha value is -3.08. The minimum absolute atomic E-state index is 0.121. The van der Waals surface area contributed by atoms with E-state index in [2.05, 4.69) is 0 Å². The van der Waals surface area contributed by atoms with Crippen LogP contribution in [0.1, 0.15) is 18.4 Å². The molecule has 1 aliphatic heterocycles. The molecule has 1 unspecified atom stereocenters. The van der Waals surface area contributed by atoms with Gasteiger partial charge in [-0.05, 0) is 36.6 Å². The summed E-state index contributed by atoms with van der Waals surface area (Å²) in [6, 6.07) is 12.6. The Morgan fingerprint density at radius 3 is 2.45 bits per heavy atom. The molecule has 2 atom stereocenters. The van der Waals surface area contributed by atoms with Gasteiger partial charge < -0.3 is 9.47 Å².